The summed E-state index contributed by atoms with van der Waals surface area (Å²) in [6.07, 6.45) is 0. The molecular formula is C21H15FN2O4S. The fourth-order valence-corrected chi connectivity index (χ4v) is 3.16. The number of rotatable bonds is 7. The molecule has 0 spiro atoms. The maximum Gasteiger partial charge on any atom is 0.342 e. The molecule has 8 heteroatoms. The number of thiophene rings is 1. The van der Waals surface area contributed by atoms with Crippen molar-refractivity contribution in [2.45, 2.75) is 13.2 Å². The van der Waals surface area contributed by atoms with Crippen LogP contribution in [0.5, 0.6) is 5.75 Å². The molecule has 0 aliphatic heterocycles. The van der Waals surface area contributed by atoms with E-state index in [2.05, 4.69) is 10.1 Å². The van der Waals surface area contributed by atoms with Crippen LogP contribution in [0.1, 0.15) is 21.8 Å². The van der Waals surface area contributed by atoms with Gasteiger partial charge in [0.1, 0.15) is 23.7 Å². The molecule has 0 bridgehead atoms. The van der Waals surface area contributed by atoms with Gasteiger partial charge in [-0.25, -0.2) is 9.18 Å². The van der Waals surface area contributed by atoms with E-state index in [-0.39, 0.29) is 30.5 Å². The lowest BCUT2D eigenvalue weighted by atomic mass is 10.2. The van der Waals surface area contributed by atoms with Gasteiger partial charge in [-0.3, -0.25) is 0 Å². The summed E-state index contributed by atoms with van der Waals surface area (Å²) in [6, 6.07) is 14.6. The predicted molar refractivity (Wildman–Crippen MR) is 104 cm³/mol. The first-order valence-corrected chi connectivity index (χ1v) is 9.62. The molecule has 4 aromatic rings. The predicted octanol–water partition coefficient (Wildman–Crippen LogP) is 4.87. The van der Waals surface area contributed by atoms with Gasteiger partial charge in [0.2, 0.25) is 5.82 Å². The quantitative estimate of drug-likeness (QED) is 0.405. The number of carbonyl (C=O) groups is 1. The van der Waals surface area contributed by atoms with Gasteiger partial charge in [0.25, 0.3) is 5.89 Å². The van der Waals surface area contributed by atoms with Crippen LogP contribution in [-0.2, 0) is 18.0 Å². The number of hydrogen-bond acceptors (Lipinski definition) is 7. The Bertz CT molecular complexity index is 1090. The summed E-state index contributed by atoms with van der Waals surface area (Å²) in [4.78, 5) is 16.7. The molecule has 0 aliphatic carbocycles. The monoisotopic (exact) mass is 410 g/mol. The highest BCUT2D eigenvalue weighted by Gasteiger charge is 2.16. The zero-order valence-electron chi connectivity index (χ0n) is 15.1. The maximum atomic E-state index is 13.0. The minimum absolute atomic E-state index is 0.151. The third-order valence-corrected chi connectivity index (χ3v) is 4.67. The zero-order valence-corrected chi connectivity index (χ0v) is 15.9. The summed E-state index contributed by atoms with van der Waals surface area (Å²) in [5, 5.41) is 7.68. The van der Waals surface area contributed by atoms with E-state index in [4.69, 9.17) is 14.0 Å². The highest BCUT2D eigenvalue weighted by atomic mass is 32.1. The summed E-state index contributed by atoms with van der Waals surface area (Å²) in [5.41, 5.74) is 1.89. The van der Waals surface area contributed by atoms with Crippen molar-refractivity contribution in [3.8, 4) is 17.1 Å². The number of benzene rings is 2. The summed E-state index contributed by atoms with van der Waals surface area (Å²) >= 11 is 1.52. The fraction of sp³-hybridized carbons (Fsp3) is 0.0952. The van der Waals surface area contributed by atoms with Crippen LogP contribution in [0.15, 0.2) is 69.9 Å². The van der Waals surface area contributed by atoms with Crippen molar-refractivity contribution in [2.24, 2.45) is 0 Å². The Morgan fingerprint density at radius 2 is 1.90 bits per heavy atom. The number of esters is 1. The molecule has 2 aromatic carbocycles. The van der Waals surface area contributed by atoms with Gasteiger partial charge in [-0.15, -0.1) is 0 Å². The van der Waals surface area contributed by atoms with Gasteiger partial charge in [0, 0.05) is 10.9 Å². The minimum atomic E-state index is -0.574. The average molecular weight is 410 g/mol. The topological polar surface area (TPSA) is 74.5 Å². The molecule has 0 unspecified atom stereocenters. The fourth-order valence-electron chi connectivity index (χ4n) is 2.53. The molecular weight excluding hydrogens is 395 g/mol. The molecule has 0 N–H and O–H groups in total. The Morgan fingerprint density at radius 1 is 1.07 bits per heavy atom. The summed E-state index contributed by atoms with van der Waals surface area (Å²) in [7, 11) is 0. The van der Waals surface area contributed by atoms with Crippen molar-refractivity contribution in [3.05, 3.63) is 88.2 Å². The minimum Gasteiger partial charge on any atom is -0.488 e. The Labute approximate surface area is 169 Å². The summed E-state index contributed by atoms with van der Waals surface area (Å²) in [5.74, 6) is 0.117. The van der Waals surface area contributed by atoms with Crippen molar-refractivity contribution in [3.63, 3.8) is 0 Å². The average Bonchev–Trinajstić information content (AvgIpc) is 3.44. The first-order chi connectivity index (χ1) is 14.2. The zero-order chi connectivity index (χ0) is 20.1. The second-order valence-electron chi connectivity index (χ2n) is 6.01. The van der Waals surface area contributed by atoms with Gasteiger partial charge < -0.3 is 14.0 Å². The van der Waals surface area contributed by atoms with E-state index in [0.717, 1.165) is 11.1 Å². The van der Waals surface area contributed by atoms with E-state index < -0.39 is 5.97 Å². The van der Waals surface area contributed by atoms with Gasteiger partial charge >= 0.3 is 5.97 Å². The summed E-state index contributed by atoms with van der Waals surface area (Å²) < 4.78 is 29.1. The van der Waals surface area contributed by atoms with Gasteiger partial charge in [-0.2, -0.15) is 16.3 Å². The van der Waals surface area contributed by atoms with Crippen molar-refractivity contribution in [2.75, 3.05) is 0 Å². The van der Waals surface area contributed by atoms with Crippen LogP contribution in [0.2, 0.25) is 0 Å². The third-order valence-electron chi connectivity index (χ3n) is 3.99. The van der Waals surface area contributed by atoms with Crippen LogP contribution in [0, 0.1) is 5.82 Å². The van der Waals surface area contributed by atoms with E-state index >= 15 is 0 Å². The highest BCUT2D eigenvalue weighted by Crippen LogP contribution is 2.22. The van der Waals surface area contributed by atoms with Crippen LogP contribution >= 0.6 is 11.3 Å². The van der Waals surface area contributed by atoms with Crippen molar-refractivity contribution in [1.82, 2.24) is 10.1 Å². The summed E-state index contributed by atoms with van der Waals surface area (Å²) in [6.45, 7) is 0.0422. The normalized spacial score (nSPS) is 10.7. The Kier molecular flexibility index (Phi) is 5.62. The molecule has 2 aromatic heterocycles. The van der Waals surface area contributed by atoms with Gasteiger partial charge in [0.05, 0.1) is 0 Å². The van der Waals surface area contributed by atoms with Crippen molar-refractivity contribution < 1.29 is 23.2 Å². The van der Waals surface area contributed by atoms with Crippen molar-refractivity contribution >= 4 is 17.3 Å². The van der Waals surface area contributed by atoms with E-state index in [1.54, 1.807) is 36.4 Å². The van der Waals surface area contributed by atoms with Crippen LogP contribution < -0.4 is 4.74 Å². The molecule has 0 radical (unpaired) electrons. The molecule has 0 amide bonds. The van der Waals surface area contributed by atoms with E-state index in [0.29, 0.717) is 11.6 Å². The number of aromatic nitrogens is 2. The van der Waals surface area contributed by atoms with Crippen LogP contribution in [0.25, 0.3) is 11.4 Å². The Hall–Kier alpha value is -3.52. The molecule has 2 heterocycles. The highest BCUT2D eigenvalue weighted by molar-refractivity contribution is 7.08. The largest absolute Gasteiger partial charge is 0.488 e. The standard InChI is InChI=1S/C21H15FN2O4S/c22-16-7-5-14(6-8-16)11-26-18-4-2-1-3-17(18)21(25)27-12-19-23-20(24-28-19)15-9-10-29-13-15/h1-10,13H,11-12H2. The Balaban J connectivity index is 1.39. The maximum absolute atomic E-state index is 13.0. The smallest absolute Gasteiger partial charge is 0.342 e. The molecule has 29 heavy (non-hydrogen) atoms. The Morgan fingerprint density at radius 3 is 2.69 bits per heavy atom. The molecule has 0 saturated carbocycles. The van der Waals surface area contributed by atoms with Gasteiger partial charge in [0.15, 0.2) is 6.61 Å². The lowest BCUT2D eigenvalue weighted by Gasteiger charge is -2.10. The van der Waals surface area contributed by atoms with E-state index in [9.17, 15) is 9.18 Å². The van der Waals surface area contributed by atoms with E-state index in [1.807, 2.05) is 16.8 Å². The SMILES string of the molecule is O=C(OCc1nc(-c2ccsc2)no1)c1ccccc1OCc1ccc(F)cc1. The second-order valence-corrected chi connectivity index (χ2v) is 6.79. The molecule has 0 aliphatic rings. The van der Waals surface area contributed by atoms with E-state index in [1.165, 1.54) is 23.5 Å². The number of carbonyl (C=O) groups excluding carboxylic acids is 1. The lowest BCUT2D eigenvalue weighted by Crippen LogP contribution is -2.08. The number of nitrogens with zero attached hydrogens (tertiary/aromatic N) is 2. The molecule has 146 valence electrons. The molecule has 0 fully saturated rings. The van der Waals surface area contributed by atoms with Crippen LogP contribution in [-0.4, -0.2) is 16.1 Å². The van der Waals surface area contributed by atoms with Gasteiger partial charge in [-0.1, -0.05) is 29.4 Å². The number of ether oxygens (including phenoxy) is 2. The molecule has 0 atom stereocenters. The van der Waals surface area contributed by atoms with Crippen molar-refractivity contribution in [1.29, 1.82) is 0 Å². The van der Waals surface area contributed by atoms with Gasteiger partial charge in [-0.05, 0) is 41.3 Å². The number of para-hydroxylation sites is 1. The molecule has 4 rings (SSSR count). The number of hydrogen-bond donors (Lipinski definition) is 0. The second kappa shape index (κ2) is 8.66. The molecule has 6 nitrogen and oxygen atoms in total. The van der Waals surface area contributed by atoms with Crippen LogP contribution in [0.4, 0.5) is 4.39 Å². The van der Waals surface area contributed by atoms with Crippen LogP contribution in [0.3, 0.4) is 0 Å². The first kappa shape index (κ1) is 18.8. The lowest BCUT2D eigenvalue weighted by molar-refractivity contribution is 0.0425. The first-order valence-electron chi connectivity index (χ1n) is 8.67. The molecule has 0 saturated heterocycles. The number of halogens is 1. The third kappa shape index (κ3) is 4.67.